The van der Waals surface area contributed by atoms with Crippen molar-refractivity contribution in [2.75, 3.05) is 32.7 Å². The molecule has 0 spiro atoms. The van der Waals surface area contributed by atoms with Gasteiger partial charge in [0.1, 0.15) is 0 Å². The highest BCUT2D eigenvalue weighted by atomic mass is 16.2. The van der Waals surface area contributed by atoms with Gasteiger partial charge in [-0.2, -0.15) is 0 Å². The van der Waals surface area contributed by atoms with Gasteiger partial charge in [0.15, 0.2) is 0 Å². The summed E-state index contributed by atoms with van der Waals surface area (Å²) in [6.45, 7) is 11.5. The van der Waals surface area contributed by atoms with Crippen LogP contribution in [-0.2, 0) is 9.59 Å². The maximum Gasteiger partial charge on any atom is 0.234 e. The van der Waals surface area contributed by atoms with E-state index in [0.29, 0.717) is 13.0 Å². The molecule has 0 unspecified atom stereocenters. The fourth-order valence-electron chi connectivity index (χ4n) is 2.26. The predicted octanol–water partition coefficient (Wildman–Crippen LogP) is 0.845. The van der Waals surface area contributed by atoms with Crippen molar-refractivity contribution in [2.24, 2.45) is 0 Å². The highest BCUT2D eigenvalue weighted by Gasteiger charge is 2.21. The molecule has 110 valence electrons. The molecule has 19 heavy (non-hydrogen) atoms. The van der Waals surface area contributed by atoms with Crippen molar-refractivity contribution in [1.29, 1.82) is 0 Å². The van der Waals surface area contributed by atoms with Crippen molar-refractivity contribution in [3.63, 3.8) is 0 Å². The quantitative estimate of drug-likeness (QED) is 0.826. The van der Waals surface area contributed by atoms with Crippen molar-refractivity contribution in [1.82, 2.24) is 15.1 Å². The van der Waals surface area contributed by atoms with Gasteiger partial charge in [-0.15, -0.1) is 0 Å². The molecule has 0 aromatic carbocycles. The fourth-order valence-corrected chi connectivity index (χ4v) is 2.26. The summed E-state index contributed by atoms with van der Waals surface area (Å²) < 4.78 is 0. The molecule has 0 radical (unpaired) electrons. The van der Waals surface area contributed by atoms with Crippen LogP contribution in [-0.4, -0.2) is 59.9 Å². The summed E-state index contributed by atoms with van der Waals surface area (Å²) in [5.74, 6) is 0.267. The van der Waals surface area contributed by atoms with Gasteiger partial charge < -0.3 is 10.2 Å². The Morgan fingerprint density at radius 1 is 1.11 bits per heavy atom. The van der Waals surface area contributed by atoms with Gasteiger partial charge in [0.2, 0.25) is 11.8 Å². The van der Waals surface area contributed by atoms with Crippen LogP contribution >= 0.6 is 0 Å². The topological polar surface area (TPSA) is 52.7 Å². The summed E-state index contributed by atoms with van der Waals surface area (Å²) in [5, 5.41) is 2.97. The Bertz CT molecular complexity index is 323. The van der Waals surface area contributed by atoms with Crippen molar-refractivity contribution in [3.8, 4) is 0 Å². The molecule has 1 aliphatic heterocycles. The van der Waals surface area contributed by atoms with Gasteiger partial charge in [0, 0.05) is 38.1 Å². The largest absolute Gasteiger partial charge is 0.350 e. The van der Waals surface area contributed by atoms with Gasteiger partial charge in [0.25, 0.3) is 0 Å². The predicted molar refractivity (Wildman–Crippen MR) is 75.8 cm³/mol. The van der Waals surface area contributed by atoms with E-state index in [4.69, 9.17) is 0 Å². The van der Waals surface area contributed by atoms with Gasteiger partial charge >= 0.3 is 0 Å². The molecule has 0 bridgehead atoms. The van der Waals surface area contributed by atoms with E-state index in [1.807, 2.05) is 32.6 Å². The molecule has 0 saturated carbocycles. The lowest BCUT2D eigenvalue weighted by Crippen LogP contribution is -2.46. The van der Waals surface area contributed by atoms with E-state index in [2.05, 4.69) is 10.2 Å². The van der Waals surface area contributed by atoms with Crippen LogP contribution in [0, 0.1) is 0 Å². The Hall–Kier alpha value is -1.10. The minimum atomic E-state index is -0.187. The number of hydrogen-bond donors (Lipinski definition) is 1. The Kier molecular flexibility index (Phi) is 5.79. The summed E-state index contributed by atoms with van der Waals surface area (Å²) in [6.07, 6.45) is 1.50. The molecule has 0 atom stereocenters. The summed E-state index contributed by atoms with van der Waals surface area (Å²) in [4.78, 5) is 27.6. The minimum Gasteiger partial charge on any atom is -0.350 e. The third-order valence-electron chi connectivity index (χ3n) is 3.13. The smallest absolute Gasteiger partial charge is 0.234 e. The number of carbonyl (C=O) groups excluding carboxylic acids is 2. The number of nitrogens with one attached hydrogen (secondary N) is 1. The first kappa shape index (κ1) is 16.0. The zero-order chi connectivity index (χ0) is 14.5. The molecule has 0 aromatic rings. The number of hydrogen-bond acceptors (Lipinski definition) is 3. The fraction of sp³-hybridized carbons (Fsp3) is 0.857. The van der Waals surface area contributed by atoms with Crippen molar-refractivity contribution in [3.05, 3.63) is 0 Å². The average Bonchev–Trinajstić information content (AvgIpc) is 2.51. The Labute approximate surface area is 116 Å². The molecule has 1 aliphatic rings. The standard InChI is InChI=1S/C14H27N3O2/c1-5-13(19)17-8-6-7-16(9-10-17)11-12(18)15-14(2,3)4/h5-11H2,1-4H3,(H,15,18). The zero-order valence-electron chi connectivity index (χ0n) is 12.7. The lowest BCUT2D eigenvalue weighted by atomic mass is 10.1. The summed E-state index contributed by atoms with van der Waals surface area (Å²) in [5.41, 5.74) is -0.187. The first-order chi connectivity index (χ1) is 8.81. The molecule has 2 amide bonds. The lowest BCUT2D eigenvalue weighted by Gasteiger charge is -2.25. The van der Waals surface area contributed by atoms with Crippen LogP contribution < -0.4 is 5.32 Å². The van der Waals surface area contributed by atoms with Crippen molar-refractivity contribution < 1.29 is 9.59 Å². The summed E-state index contributed by atoms with van der Waals surface area (Å²) >= 11 is 0. The van der Waals surface area contributed by atoms with Gasteiger partial charge in [-0.25, -0.2) is 0 Å². The molecule has 1 rings (SSSR count). The lowest BCUT2D eigenvalue weighted by molar-refractivity contribution is -0.130. The highest BCUT2D eigenvalue weighted by molar-refractivity contribution is 5.78. The van der Waals surface area contributed by atoms with Crippen LogP contribution in [0.15, 0.2) is 0 Å². The Morgan fingerprint density at radius 2 is 1.79 bits per heavy atom. The zero-order valence-corrected chi connectivity index (χ0v) is 12.7. The van der Waals surface area contributed by atoms with Gasteiger partial charge in [-0.3, -0.25) is 14.5 Å². The van der Waals surface area contributed by atoms with Gasteiger partial charge in [-0.1, -0.05) is 6.92 Å². The third-order valence-corrected chi connectivity index (χ3v) is 3.13. The maximum atomic E-state index is 11.9. The van der Waals surface area contributed by atoms with Crippen LogP contribution in [0.3, 0.4) is 0 Å². The Balaban J connectivity index is 2.41. The molecule has 0 aliphatic carbocycles. The molecule has 1 saturated heterocycles. The maximum absolute atomic E-state index is 11.9. The van der Waals surface area contributed by atoms with E-state index in [-0.39, 0.29) is 17.4 Å². The van der Waals surface area contributed by atoms with Gasteiger partial charge in [0.05, 0.1) is 6.54 Å². The first-order valence-electron chi connectivity index (χ1n) is 7.13. The van der Waals surface area contributed by atoms with Crippen molar-refractivity contribution in [2.45, 2.75) is 46.1 Å². The van der Waals surface area contributed by atoms with Crippen LogP contribution in [0.5, 0.6) is 0 Å². The highest BCUT2D eigenvalue weighted by Crippen LogP contribution is 2.05. The second-order valence-electron chi connectivity index (χ2n) is 6.16. The van der Waals surface area contributed by atoms with Gasteiger partial charge in [-0.05, 0) is 27.2 Å². The normalized spacial score (nSPS) is 18.0. The molecule has 5 nitrogen and oxygen atoms in total. The molecule has 5 heteroatoms. The van der Waals surface area contributed by atoms with Crippen LogP contribution in [0.1, 0.15) is 40.5 Å². The first-order valence-corrected chi connectivity index (χ1v) is 7.13. The number of carbonyl (C=O) groups is 2. The number of rotatable bonds is 3. The van der Waals surface area contributed by atoms with E-state index in [1.165, 1.54) is 0 Å². The molecule has 0 aromatic heterocycles. The Morgan fingerprint density at radius 3 is 2.37 bits per heavy atom. The van der Waals surface area contributed by atoms with E-state index in [0.717, 1.165) is 32.6 Å². The summed E-state index contributed by atoms with van der Waals surface area (Å²) in [6, 6.07) is 0. The number of amides is 2. The third kappa shape index (κ3) is 6.05. The minimum absolute atomic E-state index is 0.0581. The molecular formula is C14H27N3O2. The van der Waals surface area contributed by atoms with E-state index >= 15 is 0 Å². The average molecular weight is 269 g/mol. The van der Waals surface area contributed by atoms with Crippen LogP contribution in [0.4, 0.5) is 0 Å². The second-order valence-corrected chi connectivity index (χ2v) is 6.16. The molecule has 1 heterocycles. The van der Waals surface area contributed by atoms with E-state index in [1.54, 1.807) is 0 Å². The van der Waals surface area contributed by atoms with Crippen LogP contribution in [0.2, 0.25) is 0 Å². The van der Waals surface area contributed by atoms with Crippen molar-refractivity contribution >= 4 is 11.8 Å². The summed E-state index contributed by atoms with van der Waals surface area (Å²) in [7, 11) is 0. The van der Waals surface area contributed by atoms with E-state index < -0.39 is 0 Å². The number of nitrogens with zero attached hydrogens (tertiary/aromatic N) is 2. The van der Waals surface area contributed by atoms with Crippen LogP contribution in [0.25, 0.3) is 0 Å². The molecular weight excluding hydrogens is 242 g/mol. The molecule has 1 fully saturated rings. The monoisotopic (exact) mass is 269 g/mol. The van der Waals surface area contributed by atoms with E-state index in [9.17, 15) is 9.59 Å². The second kappa shape index (κ2) is 6.89. The molecule has 1 N–H and O–H groups in total. The SMILES string of the molecule is CCC(=O)N1CCCN(CC(=O)NC(C)(C)C)CC1.